The Kier molecular flexibility index (Phi) is 6.15. The Morgan fingerprint density at radius 2 is 1.85 bits per heavy atom. The average molecular weight is 386 g/mol. The molecule has 1 N–H and O–H groups in total. The van der Waals surface area contributed by atoms with E-state index in [1.165, 1.54) is 26.4 Å². The monoisotopic (exact) mass is 385 g/mol. The van der Waals surface area contributed by atoms with Crippen molar-refractivity contribution in [1.29, 1.82) is 0 Å². The lowest BCUT2D eigenvalue weighted by molar-refractivity contribution is -0.137. The Hall–Kier alpha value is -2.67. The van der Waals surface area contributed by atoms with Crippen LogP contribution in [0.4, 0.5) is 18.9 Å². The number of methoxy groups -OCH3 is 2. The van der Waals surface area contributed by atoms with Gasteiger partial charge in [0.2, 0.25) is 5.91 Å². The second-order valence-corrected chi connectivity index (χ2v) is 5.53. The van der Waals surface area contributed by atoms with Gasteiger partial charge in [-0.2, -0.15) is 13.2 Å². The molecule has 0 aliphatic heterocycles. The third-order valence-electron chi connectivity index (χ3n) is 3.41. The van der Waals surface area contributed by atoms with Crippen LogP contribution in [0.15, 0.2) is 42.5 Å². The Labute approximate surface area is 153 Å². The highest BCUT2D eigenvalue weighted by Gasteiger charge is 2.31. The van der Waals surface area contributed by atoms with Crippen LogP contribution in [-0.2, 0) is 11.0 Å². The third-order valence-corrected chi connectivity index (χ3v) is 3.74. The van der Waals surface area contributed by atoms with Gasteiger partial charge in [-0.05, 0) is 36.4 Å². The maximum atomic E-state index is 12.8. The molecule has 1 amide bonds. The summed E-state index contributed by atoms with van der Waals surface area (Å²) in [6, 6.07) is 7.71. The summed E-state index contributed by atoms with van der Waals surface area (Å²) in [6.45, 7) is 0. The van der Waals surface area contributed by atoms with Gasteiger partial charge in [-0.15, -0.1) is 0 Å². The van der Waals surface area contributed by atoms with E-state index in [2.05, 4.69) is 5.32 Å². The molecule has 0 saturated carbocycles. The van der Waals surface area contributed by atoms with Crippen LogP contribution in [0.5, 0.6) is 11.5 Å². The number of rotatable bonds is 5. The van der Waals surface area contributed by atoms with Gasteiger partial charge in [0.05, 0.1) is 30.5 Å². The quantitative estimate of drug-likeness (QED) is 0.734. The van der Waals surface area contributed by atoms with Gasteiger partial charge in [-0.1, -0.05) is 11.6 Å². The SMILES string of the molecule is COc1ccc(C=CC(=O)Nc2cc(C(F)(F)F)ccc2Cl)c(OC)c1. The van der Waals surface area contributed by atoms with Crippen molar-refractivity contribution < 1.29 is 27.4 Å². The minimum absolute atomic E-state index is 0.00165. The van der Waals surface area contributed by atoms with Gasteiger partial charge in [0.15, 0.2) is 0 Å². The van der Waals surface area contributed by atoms with Crippen molar-refractivity contribution in [3.8, 4) is 11.5 Å². The third kappa shape index (κ3) is 4.92. The van der Waals surface area contributed by atoms with Crippen molar-refractivity contribution in [3.05, 3.63) is 58.6 Å². The highest BCUT2D eigenvalue weighted by Crippen LogP contribution is 2.34. The number of carbonyl (C=O) groups is 1. The molecule has 0 heterocycles. The van der Waals surface area contributed by atoms with E-state index >= 15 is 0 Å². The summed E-state index contributed by atoms with van der Waals surface area (Å²) in [4.78, 5) is 12.0. The van der Waals surface area contributed by atoms with Crippen molar-refractivity contribution in [3.63, 3.8) is 0 Å². The zero-order valence-electron chi connectivity index (χ0n) is 13.9. The van der Waals surface area contributed by atoms with Crippen LogP contribution >= 0.6 is 11.6 Å². The number of ether oxygens (including phenoxy) is 2. The van der Waals surface area contributed by atoms with Gasteiger partial charge in [0.25, 0.3) is 0 Å². The van der Waals surface area contributed by atoms with Gasteiger partial charge in [-0.3, -0.25) is 4.79 Å². The number of benzene rings is 2. The number of hydrogen-bond acceptors (Lipinski definition) is 3. The Balaban J connectivity index is 2.18. The smallest absolute Gasteiger partial charge is 0.416 e. The fourth-order valence-corrected chi connectivity index (χ4v) is 2.26. The maximum Gasteiger partial charge on any atom is 0.416 e. The number of anilines is 1. The first-order chi connectivity index (χ1) is 12.2. The molecule has 0 fully saturated rings. The van der Waals surface area contributed by atoms with Gasteiger partial charge in [0, 0.05) is 17.7 Å². The van der Waals surface area contributed by atoms with Crippen LogP contribution in [0.1, 0.15) is 11.1 Å². The molecule has 138 valence electrons. The molecule has 2 aromatic carbocycles. The molecule has 0 unspecified atom stereocenters. The second-order valence-electron chi connectivity index (χ2n) is 5.12. The van der Waals surface area contributed by atoms with Crippen LogP contribution in [-0.4, -0.2) is 20.1 Å². The summed E-state index contributed by atoms with van der Waals surface area (Å²) in [6.07, 6.45) is -1.90. The van der Waals surface area contributed by atoms with Crippen molar-refractivity contribution in [2.75, 3.05) is 19.5 Å². The normalized spacial score (nSPS) is 11.5. The molecule has 26 heavy (non-hydrogen) atoms. The number of carbonyl (C=O) groups excluding carboxylic acids is 1. The van der Waals surface area contributed by atoms with Crippen LogP contribution in [0.3, 0.4) is 0 Å². The van der Waals surface area contributed by atoms with E-state index in [-0.39, 0.29) is 10.7 Å². The zero-order valence-corrected chi connectivity index (χ0v) is 14.6. The minimum Gasteiger partial charge on any atom is -0.497 e. The molecule has 8 heteroatoms. The van der Waals surface area contributed by atoms with E-state index in [4.69, 9.17) is 21.1 Å². The molecule has 0 spiro atoms. The molecule has 4 nitrogen and oxygen atoms in total. The molecule has 0 saturated heterocycles. The van der Waals surface area contributed by atoms with Crippen LogP contribution in [0.2, 0.25) is 5.02 Å². The summed E-state index contributed by atoms with van der Waals surface area (Å²) in [5.41, 5.74) is -0.436. The average Bonchev–Trinajstić information content (AvgIpc) is 2.60. The molecule has 0 aromatic heterocycles. The first kappa shape index (κ1) is 19.7. The number of nitrogens with one attached hydrogen (secondary N) is 1. The first-order valence-corrected chi connectivity index (χ1v) is 7.70. The number of alkyl halides is 3. The highest BCUT2D eigenvalue weighted by atomic mass is 35.5. The lowest BCUT2D eigenvalue weighted by atomic mass is 10.1. The lowest BCUT2D eigenvalue weighted by Gasteiger charge is -2.11. The van der Waals surface area contributed by atoms with Gasteiger partial charge in [0.1, 0.15) is 11.5 Å². The van der Waals surface area contributed by atoms with Gasteiger partial charge >= 0.3 is 6.18 Å². The standard InChI is InChI=1S/C18H15ClF3NO3/c1-25-13-6-3-11(16(10-13)26-2)4-8-17(24)23-15-9-12(18(20,21)22)5-7-14(15)19/h3-10H,1-2H3,(H,23,24). The van der Waals surface area contributed by atoms with E-state index in [1.54, 1.807) is 18.2 Å². The molecule has 0 aliphatic rings. The lowest BCUT2D eigenvalue weighted by Crippen LogP contribution is -2.11. The van der Waals surface area contributed by atoms with Crippen molar-refractivity contribution in [2.45, 2.75) is 6.18 Å². The van der Waals surface area contributed by atoms with Crippen molar-refractivity contribution in [2.24, 2.45) is 0 Å². The number of amides is 1. The molecule has 2 aromatic rings. The van der Waals surface area contributed by atoms with Crippen molar-refractivity contribution in [1.82, 2.24) is 0 Å². The summed E-state index contributed by atoms with van der Waals surface area (Å²) >= 11 is 5.85. The van der Waals surface area contributed by atoms with Crippen LogP contribution < -0.4 is 14.8 Å². The molecule has 0 aliphatic carbocycles. The van der Waals surface area contributed by atoms with E-state index < -0.39 is 17.6 Å². The molecule has 0 atom stereocenters. The molecular formula is C18H15ClF3NO3. The maximum absolute atomic E-state index is 12.8. The van der Waals surface area contributed by atoms with Crippen LogP contribution in [0, 0.1) is 0 Å². The Morgan fingerprint density at radius 1 is 1.12 bits per heavy atom. The topological polar surface area (TPSA) is 47.6 Å². The van der Waals surface area contributed by atoms with Gasteiger partial charge < -0.3 is 14.8 Å². The first-order valence-electron chi connectivity index (χ1n) is 7.32. The zero-order chi connectivity index (χ0) is 19.3. The summed E-state index contributed by atoms with van der Waals surface area (Å²) in [7, 11) is 2.98. The van der Waals surface area contributed by atoms with Gasteiger partial charge in [-0.25, -0.2) is 0 Å². The second kappa shape index (κ2) is 8.14. The number of hydrogen-bond donors (Lipinski definition) is 1. The molecule has 0 radical (unpaired) electrons. The van der Waals surface area contributed by atoms with E-state index in [0.717, 1.165) is 18.2 Å². The predicted octanol–water partition coefficient (Wildman–Crippen LogP) is 5.03. The fraction of sp³-hybridized carbons (Fsp3) is 0.167. The van der Waals surface area contributed by atoms with E-state index in [0.29, 0.717) is 17.1 Å². The summed E-state index contributed by atoms with van der Waals surface area (Å²) < 4.78 is 48.6. The molecule has 2 rings (SSSR count). The molecular weight excluding hydrogens is 371 g/mol. The van der Waals surface area contributed by atoms with Crippen LogP contribution in [0.25, 0.3) is 6.08 Å². The Bertz CT molecular complexity index is 835. The molecule has 0 bridgehead atoms. The number of halogens is 4. The van der Waals surface area contributed by atoms with E-state index in [1.807, 2.05) is 0 Å². The van der Waals surface area contributed by atoms with Crippen molar-refractivity contribution >= 4 is 29.3 Å². The minimum atomic E-state index is -4.53. The Morgan fingerprint density at radius 3 is 2.46 bits per heavy atom. The predicted molar refractivity (Wildman–Crippen MR) is 93.7 cm³/mol. The summed E-state index contributed by atoms with van der Waals surface area (Å²) in [5, 5.41) is 2.33. The highest BCUT2D eigenvalue weighted by molar-refractivity contribution is 6.33. The fourth-order valence-electron chi connectivity index (χ4n) is 2.09. The van der Waals surface area contributed by atoms with E-state index in [9.17, 15) is 18.0 Å². The largest absolute Gasteiger partial charge is 0.497 e. The summed E-state index contributed by atoms with van der Waals surface area (Å²) in [5.74, 6) is 0.425.